The van der Waals surface area contributed by atoms with Gasteiger partial charge in [0.25, 0.3) is 0 Å². The number of furan rings is 1. The monoisotopic (exact) mass is 285 g/mol. The second-order valence-corrected chi connectivity index (χ2v) is 4.53. The summed E-state index contributed by atoms with van der Waals surface area (Å²) in [6.45, 7) is 2.07. The van der Waals surface area contributed by atoms with Gasteiger partial charge in [0.15, 0.2) is 0 Å². The fraction of sp³-hybridized carbons (Fsp3) is 0.286. The van der Waals surface area contributed by atoms with Crippen LogP contribution in [0.4, 0.5) is 0 Å². The number of hydrogen-bond acceptors (Lipinski definition) is 2. The van der Waals surface area contributed by atoms with Gasteiger partial charge in [-0.1, -0.05) is 30.7 Å². The summed E-state index contributed by atoms with van der Waals surface area (Å²) in [6, 6.07) is 11.7. The highest BCUT2D eigenvalue weighted by atomic mass is 35.5. The van der Waals surface area contributed by atoms with Gasteiger partial charge in [0, 0.05) is 18.0 Å². The van der Waals surface area contributed by atoms with Gasteiger partial charge in [-0.3, -0.25) is 0 Å². The normalized spacial score (nSPS) is 11.9. The van der Waals surface area contributed by atoms with E-state index in [4.69, 9.17) is 21.8 Å². The van der Waals surface area contributed by atoms with Crippen molar-refractivity contribution in [1.82, 2.24) is 0 Å². The molecule has 0 aliphatic rings. The molecule has 18 heavy (non-hydrogen) atoms. The van der Waals surface area contributed by atoms with Crippen molar-refractivity contribution in [2.24, 2.45) is 5.73 Å². The lowest BCUT2D eigenvalue weighted by Crippen LogP contribution is -2.20. The van der Waals surface area contributed by atoms with Gasteiger partial charge >= 0.3 is 0 Å². The Morgan fingerprint density at radius 2 is 1.94 bits per heavy atom. The van der Waals surface area contributed by atoms with Gasteiger partial charge in [0.1, 0.15) is 11.5 Å². The maximum Gasteiger partial charge on any atom is 0.135 e. The molecular weight excluding hydrogens is 269 g/mol. The molecule has 2 N–H and O–H groups in total. The zero-order valence-corrected chi connectivity index (χ0v) is 11.8. The second-order valence-electron chi connectivity index (χ2n) is 4.12. The molecule has 4 heteroatoms. The molecule has 1 heterocycles. The van der Waals surface area contributed by atoms with Crippen LogP contribution in [0.2, 0.25) is 5.02 Å². The lowest BCUT2D eigenvalue weighted by atomic mass is 10.1. The summed E-state index contributed by atoms with van der Waals surface area (Å²) in [7, 11) is 0. The van der Waals surface area contributed by atoms with E-state index >= 15 is 0 Å². The third-order valence-electron chi connectivity index (χ3n) is 2.79. The quantitative estimate of drug-likeness (QED) is 0.910. The van der Waals surface area contributed by atoms with E-state index in [9.17, 15) is 0 Å². The highest BCUT2D eigenvalue weighted by Crippen LogP contribution is 2.29. The molecule has 1 aromatic heterocycles. The number of rotatable bonds is 4. The van der Waals surface area contributed by atoms with Gasteiger partial charge in [0.2, 0.25) is 0 Å². The molecule has 0 radical (unpaired) electrons. The van der Waals surface area contributed by atoms with Gasteiger partial charge < -0.3 is 10.2 Å². The highest BCUT2D eigenvalue weighted by Gasteiger charge is 2.09. The summed E-state index contributed by atoms with van der Waals surface area (Å²) in [5, 5.41) is 0.702. The van der Waals surface area contributed by atoms with E-state index in [1.165, 1.54) is 0 Å². The molecule has 1 unspecified atom stereocenters. The standard InChI is InChI=1S/C14H16ClNO.ClH/c1-2-10(16)9-11-7-8-14(17-11)12-5-3-4-6-13(12)15;/h3-8,10H,2,9,16H2,1H3;1H. The van der Waals surface area contributed by atoms with E-state index in [2.05, 4.69) is 6.92 Å². The lowest BCUT2D eigenvalue weighted by Gasteiger charge is -2.05. The second kappa shape index (κ2) is 6.83. The number of hydrogen-bond donors (Lipinski definition) is 1. The Labute approximate surface area is 119 Å². The van der Waals surface area contributed by atoms with Gasteiger partial charge in [-0.05, 0) is 30.7 Å². The largest absolute Gasteiger partial charge is 0.461 e. The van der Waals surface area contributed by atoms with Crippen molar-refractivity contribution < 1.29 is 4.42 Å². The summed E-state index contributed by atoms with van der Waals surface area (Å²) in [5.74, 6) is 1.71. The van der Waals surface area contributed by atoms with Crippen LogP contribution in [-0.4, -0.2) is 6.04 Å². The summed E-state index contributed by atoms with van der Waals surface area (Å²) < 4.78 is 5.76. The highest BCUT2D eigenvalue weighted by molar-refractivity contribution is 6.33. The van der Waals surface area contributed by atoms with E-state index in [1.807, 2.05) is 36.4 Å². The molecule has 1 aromatic carbocycles. The Kier molecular flexibility index (Phi) is 5.73. The summed E-state index contributed by atoms with van der Waals surface area (Å²) in [5.41, 5.74) is 6.82. The van der Waals surface area contributed by atoms with E-state index < -0.39 is 0 Å². The summed E-state index contributed by atoms with van der Waals surface area (Å²) in [4.78, 5) is 0. The first-order valence-electron chi connectivity index (χ1n) is 5.80. The first-order valence-corrected chi connectivity index (χ1v) is 6.17. The Morgan fingerprint density at radius 3 is 2.61 bits per heavy atom. The molecule has 0 amide bonds. The van der Waals surface area contributed by atoms with E-state index in [0.717, 1.165) is 29.9 Å². The zero-order valence-electron chi connectivity index (χ0n) is 10.2. The van der Waals surface area contributed by atoms with E-state index in [0.29, 0.717) is 5.02 Å². The fourth-order valence-electron chi connectivity index (χ4n) is 1.70. The predicted octanol–water partition coefficient (Wildman–Crippen LogP) is 4.30. The molecule has 0 aliphatic heterocycles. The molecule has 2 nitrogen and oxygen atoms in total. The van der Waals surface area contributed by atoms with Crippen molar-refractivity contribution in [3.05, 3.63) is 47.2 Å². The average Bonchev–Trinajstić information content (AvgIpc) is 2.78. The average molecular weight is 286 g/mol. The number of halogens is 2. The van der Waals surface area contributed by atoms with Gasteiger partial charge in [-0.2, -0.15) is 0 Å². The van der Waals surface area contributed by atoms with Crippen LogP contribution in [0.25, 0.3) is 11.3 Å². The maximum absolute atomic E-state index is 6.12. The van der Waals surface area contributed by atoms with Crippen LogP contribution < -0.4 is 5.73 Å². The van der Waals surface area contributed by atoms with Crippen LogP contribution in [0.1, 0.15) is 19.1 Å². The predicted molar refractivity (Wildman–Crippen MR) is 78.4 cm³/mol. The Hall–Kier alpha value is -0.960. The van der Waals surface area contributed by atoms with Crippen LogP contribution >= 0.6 is 24.0 Å². The lowest BCUT2D eigenvalue weighted by molar-refractivity contribution is 0.490. The zero-order chi connectivity index (χ0) is 12.3. The van der Waals surface area contributed by atoms with Crippen LogP contribution in [0, 0.1) is 0 Å². The Morgan fingerprint density at radius 1 is 1.22 bits per heavy atom. The molecule has 98 valence electrons. The van der Waals surface area contributed by atoms with E-state index in [1.54, 1.807) is 0 Å². The molecule has 0 saturated heterocycles. The SMILES string of the molecule is CCC(N)Cc1ccc(-c2ccccc2Cl)o1.Cl. The molecule has 0 saturated carbocycles. The van der Waals surface area contributed by atoms with Crippen molar-refractivity contribution in [2.45, 2.75) is 25.8 Å². The van der Waals surface area contributed by atoms with Crippen LogP contribution in [0.15, 0.2) is 40.8 Å². The van der Waals surface area contributed by atoms with Crippen LogP contribution in [-0.2, 0) is 6.42 Å². The summed E-state index contributed by atoms with van der Waals surface area (Å²) >= 11 is 6.12. The molecule has 0 spiro atoms. The minimum absolute atomic E-state index is 0. The molecule has 2 aromatic rings. The molecule has 0 bridgehead atoms. The fourth-order valence-corrected chi connectivity index (χ4v) is 1.93. The van der Waals surface area contributed by atoms with Gasteiger partial charge in [-0.25, -0.2) is 0 Å². The Balaban J connectivity index is 0.00000162. The number of benzene rings is 1. The van der Waals surface area contributed by atoms with Crippen molar-refractivity contribution >= 4 is 24.0 Å². The van der Waals surface area contributed by atoms with E-state index in [-0.39, 0.29) is 18.4 Å². The first kappa shape index (κ1) is 15.1. The van der Waals surface area contributed by atoms with Crippen LogP contribution in [0.5, 0.6) is 0 Å². The molecule has 2 rings (SSSR count). The third-order valence-corrected chi connectivity index (χ3v) is 3.12. The third kappa shape index (κ3) is 3.52. The van der Waals surface area contributed by atoms with Crippen molar-refractivity contribution in [1.29, 1.82) is 0 Å². The maximum atomic E-state index is 6.12. The van der Waals surface area contributed by atoms with Crippen molar-refractivity contribution in [3.63, 3.8) is 0 Å². The van der Waals surface area contributed by atoms with Gasteiger partial charge in [0.05, 0.1) is 5.02 Å². The molecular formula is C14H17Cl2NO. The molecule has 0 fully saturated rings. The van der Waals surface area contributed by atoms with Crippen LogP contribution in [0.3, 0.4) is 0 Å². The minimum Gasteiger partial charge on any atom is -0.461 e. The smallest absolute Gasteiger partial charge is 0.135 e. The molecule has 0 aliphatic carbocycles. The topological polar surface area (TPSA) is 39.2 Å². The number of nitrogens with two attached hydrogens (primary N) is 1. The minimum atomic E-state index is 0. The van der Waals surface area contributed by atoms with Crippen molar-refractivity contribution in [2.75, 3.05) is 0 Å². The summed E-state index contributed by atoms with van der Waals surface area (Å²) in [6.07, 6.45) is 1.71. The first-order chi connectivity index (χ1) is 8.20. The van der Waals surface area contributed by atoms with Gasteiger partial charge in [-0.15, -0.1) is 12.4 Å². The van der Waals surface area contributed by atoms with Crippen molar-refractivity contribution in [3.8, 4) is 11.3 Å². The Bertz CT molecular complexity index is 496. The molecule has 1 atom stereocenters.